The van der Waals surface area contributed by atoms with E-state index in [1.807, 2.05) is 0 Å². The number of benzene rings is 1. The van der Waals surface area contributed by atoms with Crippen molar-refractivity contribution in [2.45, 2.75) is 11.8 Å². The van der Waals surface area contributed by atoms with Crippen LogP contribution in [0.1, 0.15) is 6.92 Å². The molecule has 1 aromatic carbocycles. The van der Waals surface area contributed by atoms with Crippen LogP contribution in [-0.4, -0.2) is 44.8 Å². The molecule has 0 saturated carbocycles. The Hall–Kier alpha value is -1.22. The molecule has 0 bridgehead atoms. The maximum absolute atomic E-state index is 13.7. The summed E-state index contributed by atoms with van der Waals surface area (Å²) in [7, 11) is -3.67. The summed E-state index contributed by atoms with van der Waals surface area (Å²) in [6, 6.07) is 3.48. The second kappa shape index (κ2) is 6.72. The molecule has 2 N–H and O–H groups in total. The maximum Gasteiger partial charge on any atom is 0.243 e. The number of nitrogens with zero attached hydrogens (tertiary/aromatic N) is 1. The van der Waals surface area contributed by atoms with Crippen molar-refractivity contribution in [3.05, 3.63) is 24.0 Å². The molecule has 2 heterocycles. The van der Waals surface area contributed by atoms with Gasteiger partial charge in [0.15, 0.2) is 0 Å². The molecule has 128 valence electrons. The third-order valence-corrected chi connectivity index (χ3v) is 6.07. The van der Waals surface area contributed by atoms with E-state index < -0.39 is 21.7 Å². The van der Waals surface area contributed by atoms with Crippen molar-refractivity contribution in [2.75, 3.05) is 31.5 Å². The van der Waals surface area contributed by atoms with E-state index in [0.29, 0.717) is 24.9 Å². The van der Waals surface area contributed by atoms with Gasteiger partial charge in [-0.2, -0.15) is 4.31 Å². The lowest BCUT2D eigenvalue weighted by Crippen LogP contribution is -2.32. The number of carbonyl (C=O) groups excluding carboxylic acids is 1. The summed E-state index contributed by atoms with van der Waals surface area (Å²) in [5.74, 6) is -0.429. The topological polar surface area (TPSA) is 78.5 Å². The maximum atomic E-state index is 13.7. The van der Waals surface area contributed by atoms with Crippen molar-refractivity contribution in [1.82, 2.24) is 9.62 Å². The highest BCUT2D eigenvalue weighted by molar-refractivity contribution is 7.89. The Bertz CT molecular complexity index is 701. The molecule has 3 rings (SSSR count). The summed E-state index contributed by atoms with van der Waals surface area (Å²) in [5, 5.41) is 5.56. The van der Waals surface area contributed by atoms with Crippen molar-refractivity contribution in [2.24, 2.45) is 11.8 Å². The zero-order chi connectivity index (χ0) is 15.9. The molecule has 2 saturated heterocycles. The SMILES string of the molecule is CC(=O)Nc1cc(S(=O)(=O)N2C[C@H]3CNC[C@H]3C2)ccc1F.Cl. The van der Waals surface area contributed by atoms with Crippen molar-refractivity contribution in [3.8, 4) is 0 Å². The molecule has 0 spiro atoms. The summed E-state index contributed by atoms with van der Waals surface area (Å²) < 4.78 is 40.5. The lowest BCUT2D eigenvalue weighted by atomic mass is 10.0. The Labute approximate surface area is 140 Å². The van der Waals surface area contributed by atoms with E-state index >= 15 is 0 Å². The van der Waals surface area contributed by atoms with Crippen molar-refractivity contribution in [3.63, 3.8) is 0 Å². The number of halogens is 2. The van der Waals surface area contributed by atoms with Gasteiger partial charge >= 0.3 is 0 Å². The van der Waals surface area contributed by atoms with Gasteiger partial charge in [0.25, 0.3) is 0 Å². The standard InChI is InChI=1S/C14H18FN3O3S.ClH/c1-9(19)17-14-4-12(2-3-13(14)15)22(20,21)18-7-10-5-16-6-11(10)8-18;/h2-4,10-11,16H,5-8H2,1H3,(H,17,19);1H/t10-,11+;. The zero-order valence-corrected chi connectivity index (χ0v) is 14.2. The molecule has 23 heavy (non-hydrogen) atoms. The Morgan fingerprint density at radius 1 is 1.30 bits per heavy atom. The third kappa shape index (κ3) is 3.50. The largest absolute Gasteiger partial charge is 0.324 e. The number of anilines is 1. The molecule has 0 unspecified atom stereocenters. The number of nitrogens with one attached hydrogen (secondary N) is 2. The number of hydrogen-bond acceptors (Lipinski definition) is 4. The first-order valence-corrected chi connectivity index (χ1v) is 8.60. The molecule has 0 aliphatic carbocycles. The summed E-state index contributed by atoms with van der Waals surface area (Å²) in [5.41, 5.74) is -0.116. The quantitative estimate of drug-likeness (QED) is 0.841. The van der Waals surface area contributed by atoms with Gasteiger partial charge in [-0.15, -0.1) is 12.4 Å². The van der Waals surface area contributed by atoms with Gasteiger partial charge in [0, 0.05) is 20.0 Å². The fraction of sp³-hybridized carbons (Fsp3) is 0.500. The molecule has 2 fully saturated rings. The lowest BCUT2D eigenvalue weighted by molar-refractivity contribution is -0.114. The molecule has 2 aliphatic rings. The van der Waals surface area contributed by atoms with Crippen LogP contribution in [0.5, 0.6) is 0 Å². The third-order valence-electron chi connectivity index (χ3n) is 4.24. The molecule has 2 aliphatic heterocycles. The second-order valence-corrected chi connectivity index (χ2v) is 7.76. The minimum Gasteiger partial charge on any atom is -0.324 e. The normalized spacial score (nSPS) is 24.1. The summed E-state index contributed by atoms with van der Waals surface area (Å²) in [6.07, 6.45) is 0. The van der Waals surface area contributed by atoms with Gasteiger partial charge in [-0.25, -0.2) is 12.8 Å². The first-order chi connectivity index (χ1) is 10.4. The van der Waals surface area contributed by atoms with E-state index in [2.05, 4.69) is 10.6 Å². The van der Waals surface area contributed by atoms with Gasteiger partial charge in [-0.05, 0) is 43.1 Å². The van der Waals surface area contributed by atoms with E-state index in [4.69, 9.17) is 0 Å². The van der Waals surface area contributed by atoms with Crippen LogP contribution < -0.4 is 10.6 Å². The molecule has 0 radical (unpaired) electrons. The Balaban J connectivity index is 0.00000192. The molecule has 2 atom stereocenters. The van der Waals surface area contributed by atoms with E-state index in [0.717, 1.165) is 19.2 Å². The molecule has 9 heteroatoms. The minimum absolute atomic E-state index is 0. The highest BCUT2D eigenvalue weighted by Gasteiger charge is 2.41. The summed E-state index contributed by atoms with van der Waals surface area (Å²) >= 11 is 0. The van der Waals surface area contributed by atoms with Crippen LogP contribution in [-0.2, 0) is 14.8 Å². The average molecular weight is 364 g/mol. The van der Waals surface area contributed by atoms with Crippen LogP contribution in [0.15, 0.2) is 23.1 Å². The summed E-state index contributed by atoms with van der Waals surface area (Å²) in [6.45, 7) is 3.86. The molecule has 1 aromatic rings. The van der Waals surface area contributed by atoms with Crippen molar-refractivity contribution >= 4 is 34.0 Å². The van der Waals surface area contributed by atoms with E-state index in [-0.39, 0.29) is 23.0 Å². The predicted molar refractivity (Wildman–Crippen MR) is 86.6 cm³/mol. The number of amides is 1. The van der Waals surface area contributed by atoms with Gasteiger partial charge < -0.3 is 10.6 Å². The van der Waals surface area contributed by atoms with Crippen molar-refractivity contribution in [1.29, 1.82) is 0 Å². The first kappa shape index (κ1) is 18.1. The van der Waals surface area contributed by atoms with Crippen LogP contribution >= 0.6 is 12.4 Å². The van der Waals surface area contributed by atoms with Crippen LogP contribution in [0.25, 0.3) is 0 Å². The number of sulfonamides is 1. The molecule has 6 nitrogen and oxygen atoms in total. The average Bonchev–Trinajstić information content (AvgIpc) is 3.01. The number of fused-ring (bicyclic) bond motifs is 1. The first-order valence-electron chi connectivity index (χ1n) is 7.16. The van der Waals surface area contributed by atoms with Crippen LogP contribution in [0.2, 0.25) is 0 Å². The Kier molecular flexibility index (Phi) is 5.30. The molecular formula is C14H19ClFN3O3S. The minimum atomic E-state index is -3.67. The van der Waals surface area contributed by atoms with Gasteiger partial charge in [0.05, 0.1) is 10.6 Å². The smallest absolute Gasteiger partial charge is 0.243 e. The molecular weight excluding hydrogens is 345 g/mol. The fourth-order valence-electron chi connectivity index (χ4n) is 3.11. The number of hydrogen-bond donors (Lipinski definition) is 2. The van der Waals surface area contributed by atoms with Crippen molar-refractivity contribution < 1.29 is 17.6 Å². The van der Waals surface area contributed by atoms with Crippen LogP contribution in [0.3, 0.4) is 0 Å². The van der Waals surface area contributed by atoms with Crippen LogP contribution in [0.4, 0.5) is 10.1 Å². The van der Waals surface area contributed by atoms with E-state index in [1.165, 1.54) is 23.4 Å². The lowest BCUT2D eigenvalue weighted by Gasteiger charge is -2.18. The highest BCUT2D eigenvalue weighted by atomic mass is 35.5. The van der Waals surface area contributed by atoms with E-state index in [9.17, 15) is 17.6 Å². The highest BCUT2D eigenvalue weighted by Crippen LogP contribution is 2.31. The predicted octanol–water partition coefficient (Wildman–Crippen LogP) is 1.05. The van der Waals surface area contributed by atoms with E-state index in [1.54, 1.807) is 0 Å². The van der Waals surface area contributed by atoms with Gasteiger partial charge in [-0.1, -0.05) is 0 Å². The monoisotopic (exact) mass is 363 g/mol. The molecule has 0 aromatic heterocycles. The zero-order valence-electron chi connectivity index (χ0n) is 12.6. The second-order valence-electron chi connectivity index (χ2n) is 5.82. The van der Waals surface area contributed by atoms with Gasteiger partial charge in [0.2, 0.25) is 15.9 Å². The Morgan fingerprint density at radius 2 is 1.91 bits per heavy atom. The number of rotatable bonds is 3. The summed E-state index contributed by atoms with van der Waals surface area (Å²) in [4.78, 5) is 11.1. The number of carbonyl (C=O) groups is 1. The fourth-order valence-corrected chi connectivity index (χ4v) is 4.69. The van der Waals surface area contributed by atoms with Crippen LogP contribution in [0, 0.1) is 17.7 Å². The van der Waals surface area contributed by atoms with Gasteiger partial charge in [-0.3, -0.25) is 4.79 Å². The molecule has 1 amide bonds. The Morgan fingerprint density at radius 3 is 2.48 bits per heavy atom. The van der Waals surface area contributed by atoms with Gasteiger partial charge in [0.1, 0.15) is 5.82 Å².